The molecule has 0 aliphatic heterocycles. The molecule has 6 nitrogen and oxygen atoms in total. The topological polar surface area (TPSA) is 87.0 Å². The fourth-order valence-corrected chi connectivity index (χ4v) is 3.84. The number of aromatic nitrogens is 1. The van der Waals surface area contributed by atoms with Crippen LogP contribution in [0.5, 0.6) is 11.5 Å². The second-order valence-corrected chi connectivity index (χ2v) is 7.77. The number of benzene rings is 4. The molecule has 0 aliphatic rings. The first-order valence-electron chi connectivity index (χ1n) is 11.0. The second-order valence-electron chi connectivity index (χ2n) is 7.77. The molecular weight excluding hydrogens is 436 g/mol. The van der Waals surface area contributed by atoms with Gasteiger partial charge in [0.1, 0.15) is 23.3 Å². The first kappa shape index (κ1) is 21.7. The molecule has 35 heavy (non-hydrogen) atoms. The molecule has 6 heteroatoms. The van der Waals surface area contributed by atoms with Crippen LogP contribution in [0.4, 0.5) is 16.2 Å². The number of hydrogen-bond acceptors (Lipinski definition) is 4. The van der Waals surface area contributed by atoms with E-state index in [-0.39, 0.29) is 6.03 Å². The maximum absolute atomic E-state index is 12.6. The van der Waals surface area contributed by atoms with E-state index < -0.39 is 0 Å². The lowest BCUT2D eigenvalue weighted by Gasteiger charge is -2.11. The van der Waals surface area contributed by atoms with Crippen molar-refractivity contribution in [2.75, 3.05) is 10.6 Å². The number of carbonyl (C=O) groups excluding carboxylic acids is 1. The Kier molecular flexibility index (Phi) is 6.05. The molecule has 0 saturated heterocycles. The van der Waals surface area contributed by atoms with Crippen LogP contribution in [0.25, 0.3) is 21.9 Å². The van der Waals surface area contributed by atoms with Gasteiger partial charge in [0, 0.05) is 29.0 Å². The Hall–Kier alpha value is -5.15. The summed E-state index contributed by atoms with van der Waals surface area (Å²) >= 11 is 0. The smallest absolute Gasteiger partial charge is 0.323 e. The number of hydrogen-bond donors (Lipinski definition) is 2. The lowest BCUT2D eigenvalue weighted by molar-refractivity contribution is 0.262. The van der Waals surface area contributed by atoms with Crippen LogP contribution < -0.4 is 15.4 Å². The molecule has 2 amide bonds. The number of fused-ring (bicyclic) bond motifs is 1. The van der Waals surface area contributed by atoms with Crippen LogP contribution >= 0.6 is 0 Å². The van der Waals surface area contributed by atoms with Gasteiger partial charge in [0.2, 0.25) is 0 Å². The predicted octanol–water partition coefficient (Wildman–Crippen LogP) is 7.21. The maximum Gasteiger partial charge on any atom is 0.323 e. The van der Waals surface area contributed by atoms with Crippen LogP contribution in [0.15, 0.2) is 109 Å². The zero-order valence-corrected chi connectivity index (χ0v) is 18.6. The zero-order chi connectivity index (χ0) is 24.0. The van der Waals surface area contributed by atoms with Gasteiger partial charge in [0.25, 0.3) is 0 Å². The fourth-order valence-electron chi connectivity index (χ4n) is 3.84. The van der Waals surface area contributed by atoms with Crippen molar-refractivity contribution < 1.29 is 9.53 Å². The summed E-state index contributed by atoms with van der Waals surface area (Å²) in [4.78, 5) is 16.7. The molecule has 4 aromatic carbocycles. The van der Waals surface area contributed by atoms with E-state index in [1.54, 1.807) is 18.3 Å². The Balaban J connectivity index is 1.28. The van der Waals surface area contributed by atoms with Gasteiger partial charge in [-0.15, -0.1) is 0 Å². The SMILES string of the molecule is N#Cc1nccc2c(-c3ccc(NC(=O)Nc4cccc(Oc5ccccc5)c4)cc3)cccc12. The standard InChI is InChI=1S/C29H20N4O2/c30-19-28-27-11-5-10-25(26(27)16-17-31-28)20-12-14-21(15-13-20)32-29(34)33-22-6-4-9-24(18-22)35-23-7-2-1-3-8-23/h1-18H,(H2,32,33,34). The van der Waals surface area contributed by atoms with E-state index in [9.17, 15) is 10.1 Å². The van der Waals surface area contributed by atoms with Crippen molar-refractivity contribution in [3.8, 4) is 28.7 Å². The molecule has 0 fully saturated rings. The molecule has 0 saturated carbocycles. The van der Waals surface area contributed by atoms with E-state index in [1.165, 1.54) is 0 Å². The lowest BCUT2D eigenvalue weighted by Crippen LogP contribution is -2.19. The van der Waals surface area contributed by atoms with Gasteiger partial charge in [0.05, 0.1) is 0 Å². The molecule has 2 N–H and O–H groups in total. The molecule has 0 atom stereocenters. The highest BCUT2D eigenvalue weighted by molar-refractivity contribution is 6.01. The average molecular weight is 457 g/mol. The molecule has 0 unspecified atom stereocenters. The normalized spacial score (nSPS) is 10.4. The minimum absolute atomic E-state index is 0.357. The number of nitriles is 1. The number of pyridine rings is 1. The monoisotopic (exact) mass is 456 g/mol. The van der Waals surface area contributed by atoms with Crippen LogP contribution in [0.1, 0.15) is 5.69 Å². The number of para-hydroxylation sites is 1. The minimum Gasteiger partial charge on any atom is -0.457 e. The Labute approximate surface area is 202 Å². The van der Waals surface area contributed by atoms with Crippen LogP contribution in [-0.4, -0.2) is 11.0 Å². The Morgan fingerprint density at radius 3 is 2.29 bits per heavy atom. The summed E-state index contributed by atoms with van der Waals surface area (Å²) in [5, 5.41) is 16.8. The van der Waals surface area contributed by atoms with Crippen molar-refractivity contribution in [3.05, 3.63) is 115 Å². The van der Waals surface area contributed by atoms with Crippen molar-refractivity contribution in [3.63, 3.8) is 0 Å². The maximum atomic E-state index is 12.6. The number of urea groups is 1. The number of amides is 2. The molecule has 0 radical (unpaired) electrons. The highest BCUT2D eigenvalue weighted by atomic mass is 16.5. The molecule has 0 bridgehead atoms. The van der Waals surface area contributed by atoms with Gasteiger partial charge in [-0.1, -0.05) is 54.6 Å². The minimum atomic E-state index is -0.357. The summed E-state index contributed by atoms with van der Waals surface area (Å²) in [5.41, 5.74) is 3.64. The van der Waals surface area contributed by atoms with Crippen molar-refractivity contribution in [2.45, 2.75) is 0 Å². The quantitative estimate of drug-likeness (QED) is 0.292. The third kappa shape index (κ3) is 4.95. The second kappa shape index (κ2) is 9.77. The lowest BCUT2D eigenvalue weighted by atomic mass is 9.98. The average Bonchev–Trinajstić information content (AvgIpc) is 2.89. The predicted molar refractivity (Wildman–Crippen MR) is 137 cm³/mol. The molecule has 5 rings (SSSR count). The molecular formula is C29H20N4O2. The number of anilines is 2. The molecule has 0 aliphatic carbocycles. The number of nitrogens with one attached hydrogen (secondary N) is 2. The Bertz CT molecular complexity index is 1540. The Morgan fingerprint density at radius 1 is 0.743 bits per heavy atom. The summed E-state index contributed by atoms with van der Waals surface area (Å²) in [6, 6.07) is 33.7. The van der Waals surface area contributed by atoms with Gasteiger partial charge < -0.3 is 15.4 Å². The Morgan fingerprint density at radius 2 is 1.49 bits per heavy atom. The van der Waals surface area contributed by atoms with E-state index in [0.29, 0.717) is 22.8 Å². The van der Waals surface area contributed by atoms with Gasteiger partial charge in [-0.25, -0.2) is 9.78 Å². The first-order valence-corrected chi connectivity index (χ1v) is 11.0. The summed E-state index contributed by atoms with van der Waals surface area (Å²) in [6.45, 7) is 0. The van der Waals surface area contributed by atoms with Crippen LogP contribution in [0, 0.1) is 11.3 Å². The van der Waals surface area contributed by atoms with Crippen molar-refractivity contribution in [1.29, 1.82) is 5.26 Å². The molecule has 5 aromatic rings. The van der Waals surface area contributed by atoms with Crippen LogP contribution in [0.2, 0.25) is 0 Å². The van der Waals surface area contributed by atoms with E-state index in [4.69, 9.17) is 4.74 Å². The van der Waals surface area contributed by atoms with Gasteiger partial charge in [-0.3, -0.25) is 0 Å². The van der Waals surface area contributed by atoms with E-state index in [2.05, 4.69) is 21.7 Å². The summed E-state index contributed by atoms with van der Waals surface area (Å²) in [6.07, 6.45) is 1.64. The van der Waals surface area contributed by atoms with E-state index in [0.717, 1.165) is 27.6 Å². The van der Waals surface area contributed by atoms with Crippen molar-refractivity contribution >= 4 is 28.2 Å². The fraction of sp³-hybridized carbons (Fsp3) is 0. The van der Waals surface area contributed by atoms with Crippen LogP contribution in [-0.2, 0) is 0 Å². The van der Waals surface area contributed by atoms with Gasteiger partial charge >= 0.3 is 6.03 Å². The molecule has 168 valence electrons. The molecule has 0 spiro atoms. The van der Waals surface area contributed by atoms with Crippen LogP contribution in [0.3, 0.4) is 0 Å². The van der Waals surface area contributed by atoms with Gasteiger partial charge in [-0.2, -0.15) is 5.26 Å². The van der Waals surface area contributed by atoms with Gasteiger partial charge in [0.15, 0.2) is 0 Å². The summed E-state index contributed by atoms with van der Waals surface area (Å²) in [5.74, 6) is 1.35. The van der Waals surface area contributed by atoms with E-state index in [1.807, 2.05) is 91.0 Å². The number of nitrogens with zero attached hydrogens (tertiary/aromatic N) is 2. The summed E-state index contributed by atoms with van der Waals surface area (Å²) in [7, 11) is 0. The molecule has 1 heterocycles. The molecule has 1 aromatic heterocycles. The van der Waals surface area contributed by atoms with E-state index >= 15 is 0 Å². The third-order valence-electron chi connectivity index (χ3n) is 5.44. The van der Waals surface area contributed by atoms with Gasteiger partial charge in [-0.05, 0) is 59.0 Å². The first-order chi connectivity index (χ1) is 17.2. The highest BCUT2D eigenvalue weighted by Gasteiger charge is 2.09. The zero-order valence-electron chi connectivity index (χ0n) is 18.6. The summed E-state index contributed by atoms with van der Waals surface area (Å²) < 4.78 is 5.83. The largest absolute Gasteiger partial charge is 0.457 e. The highest BCUT2D eigenvalue weighted by Crippen LogP contribution is 2.30. The number of rotatable bonds is 5. The number of ether oxygens (including phenoxy) is 1. The third-order valence-corrected chi connectivity index (χ3v) is 5.44. The number of carbonyl (C=O) groups is 1. The van der Waals surface area contributed by atoms with Crippen molar-refractivity contribution in [2.24, 2.45) is 0 Å². The van der Waals surface area contributed by atoms with Crippen molar-refractivity contribution in [1.82, 2.24) is 4.98 Å².